The number of hydrogen-bond acceptors (Lipinski definition) is 2. The van der Waals surface area contributed by atoms with Crippen LogP contribution in [0.1, 0.15) is 38.5 Å². The summed E-state index contributed by atoms with van der Waals surface area (Å²) in [5, 5.41) is 0. The molecule has 2 rings (SSSR count). The van der Waals surface area contributed by atoms with Crippen molar-refractivity contribution in [3.8, 4) is 0 Å². The van der Waals surface area contributed by atoms with Gasteiger partial charge in [-0.05, 0) is 31.1 Å². The van der Waals surface area contributed by atoms with Crippen molar-refractivity contribution < 1.29 is 4.84 Å². The minimum absolute atomic E-state index is 0.649. The first-order valence-electron chi connectivity index (χ1n) is 4.66. The van der Waals surface area contributed by atoms with E-state index in [4.69, 9.17) is 4.84 Å². The molecule has 2 heteroatoms. The van der Waals surface area contributed by atoms with Crippen LogP contribution in [-0.2, 0) is 4.84 Å². The molecule has 0 bridgehead atoms. The first-order valence-corrected chi connectivity index (χ1v) is 4.66. The third-order valence-corrected chi connectivity index (χ3v) is 3.52. The molecule has 0 radical (unpaired) electrons. The van der Waals surface area contributed by atoms with Gasteiger partial charge in [0.25, 0.3) is 0 Å². The van der Waals surface area contributed by atoms with Gasteiger partial charge in [-0.3, -0.25) is 0 Å². The van der Waals surface area contributed by atoms with Gasteiger partial charge in [-0.2, -0.15) is 5.48 Å². The van der Waals surface area contributed by atoms with Crippen LogP contribution in [0.2, 0.25) is 0 Å². The highest BCUT2D eigenvalue weighted by Crippen LogP contribution is 2.53. The lowest BCUT2D eigenvalue weighted by molar-refractivity contribution is -0.0108. The Bertz CT molecular complexity index is 142. The van der Waals surface area contributed by atoms with Crippen LogP contribution in [0.25, 0.3) is 0 Å². The molecule has 64 valence electrons. The summed E-state index contributed by atoms with van der Waals surface area (Å²) in [6.45, 7) is 0. The van der Waals surface area contributed by atoms with Crippen LogP contribution in [0.15, 0.2) is 0 Å². The molecule has 2 fully saturated rings. The van der Waals surface area contributed by atoms with E-state index in [1.165, 1.54) is 38.5 Å². The predicted octanol–water partition coefficient (Wildman–Crippen LogP) is 1.86. The van der Waals surface area contributed by atoms with Crippen LogP contribution < -0.4 is 5.48 Å². The Morgan fingerprint density at radius 1 is 1.27 bits per heavy atom. The molecule has 2 aliphatic carbocycles. The van der Waals surface area contributed by atoms with Crippen LogP contribution in [0.5, 0.6) is 0 Å². The highest BCUT2D eigenvalue weighted by molar-refractivity contribution is 5.00. The molecular weight excluding hydrogens is 138 g/mol. The van der Waals surface area contributed by atoms with E-state index < -0.39 is 0 Å². The third-order valence-electron chi connectivity index (χ3n) is 3.52. The first kappa shape index (κ1) is 7.56. The molecular formula is C9H17NO. The van der Waals surface area contributed by atoms with Crippen LogP contribution in [0, 0.1) is 5.41 Å². The minimum Gasteiger partial charge on any atom is -0.305 e. The van der Waals surface area contributed by atoms with Crippen LogP contribution in [0.4, 0.5) is 0 Å². The van der Waals surface area contributed by atoms with E-state index in [1.54, 1.807) is 7.11 Å². The van der Waals surface area contributed by atoms with Crippen molar-refractivity contribution in [1.82, 2.24) is 5.48 Å². The molecule has 0 aromatic rings. The van der Waals surface area contributed by atoms with Crippen LogP contribution in [-0.4, -0.2) is 13.2 Å². The standard InChI is InChI=1S/C9H17NO/c1-11-10-8-4-2-5-9(8)6-3-7-9/h8,10H,2-7H2,1H3. The molecule has 1 spiro atoms. The van der Waals surface area contributed by atoms with E-state index in [1.807, 2.05) is 0 Å². The Morgan fingerprint density at radius 2 is 2.00 bits per heavy atom. The van der Waals surface area contributed by atoms with Gasteiger partial charge in [0.15, 0.2) is 0 Å². The molecule has 0 amide bonds. The highest BCUT2D eigenvalue weighted by atomic mass is 16.6. The number of hydrogen-bond donors (Lipinski definition) is 1. The average molecular weight is 155 g/mol. The second kappa shape index (κ2) is 2.76. The topological polar surface area (TPSA) is 21.3 Å². The van der Waals surface area contributed by atoms with Crippen molar-refractivity contribution in [2.24, 2.45) is 5.41 Å². The molecule has 1 atom stereocenters. The molecule has 0 saturated heterocycles. The zero-order valence-corrected chi connectivity index (χ0v) is 7.23. The number of hydroxylamine groups is 1. The Hall–Kier alpha value is -0.0800. The smallest absolute Gasteiger partial charge is 0.0572 e. The van der Waals surface area contributed by atoms with Crippen molar-refractivity contribution in [2.45, 2.75) is 44.6 Å². The summed E-state index contributed by atoms with van der Waals surface area (Å²) in [5.74, 6) is 0. The van der Waals surface area contributed by atoms with Gasteiger partial charge in [0.2, 0.25) is 0 Å². The first-order chi connectivity index (χ1) is 5.37. The van der Waals surface area contributed by atoms with Gasteiger partial charge in [0, 0.05) is 6.04 Å². The summed E-state index contributed by atoms with van der Waals surface area (Å²) >= 11 is 0. The van der Waals surface area contributed by atoms with Crippen molar-refractivity contribution >= 4 is 0 Å². The van der Waals surface area contributed by atoms with E-state index in [0.717, 1.165) is 0 Å². The Morgan fingerprint density at radius 3 is 2.55 bits per heavy atom. The average Bonchev–Trinajstić information content (AvgIpc) is 2.31. The molecule has 2 saturated carbocycles. The quantitative estimate of drug-likeness (QED) is 0.614. The maximum Gasteiger partial charge on any atom is 0.0572 e. The van der Waals surface area contributed by atoms with Gasteiger partial charge in [-0.15, -0.1) is 0 Å². The number of nitrogens with one attached hydrogen (secondary N) is 1. The van der Waals surface area contributed by atoms with E-state index >= 15 is 0 Å². The Balaban J connectivity index is 1.96. The van der Waals surface area contributed by atoms with Gasteiger partial charge >= 0.3 is 0 Å². The van der Waals surface area contributed by atoms with Crippen molar-refractivity contribution in [3.05, 3.63) is 0 Å². The Labute approximate surface area is 68.3 Å². The molecule has 0 aromatic heterocycles. The van der Waals surface area contributed by atoms with E-state index in [2.05, 4.69) is 5.48 Å². The summed E-state index contributed by atoms with van der Waals surface area (Å²) < 4.78 is 0. The minimum atomic E-state index is 0.649. The maximum absolute atomic E-state index is 5.01. The van der Waals surface area contributed by atoms with Crippen molar-refractivity contribution in [3.63, 3.8) is 0 Å². The fourth-order valence-electron chi connectivity index (χ4n) is 2.69. The largest absolute Gasteiger partial charge is 0.305 e. The zero-order chi connectivity index (χ0) is 7.73. The SMILES string of the molecule is CONC1CCCC12CCC2. The van der Waals surface area contributed by atoms with Gasteiger partial charge in [-0.1, -0.05) is 12.8 Å². The zero-order valence-electron chi connectivity index (χ0n) is 7.23. The third kappa shape index (κ3) is 1.09. The van der Waals surface area contributed by atoms with Gasteiger partial charge < -0.3 is 4.84 Å². The summed E-state index contributed by atoms with van der Waals surface area (Å²) in [7, 11) is 1.73. The summed E-state index contributed by atoms with van der Waals surface area (Å²) in [4.78, 5) is 5.01. The fourth-order valence-corrected chi connectivity index (χ4v) is 2.69. The van der Waals surface area contributed by atoms with E-state index in [0.29, 0.717) is 11.5 Å². The van der Waals surface area contributed by atoms with Crippen molar-refractivity contribution in [2.75, 3.05) is 7.11 Å². The predicted molar refractivity (Wildman–Crippen MR) is 44.1 cm³/mol. The Kier molecular flexibility index (Phi) is 1.90. The summed E-state index contributed by atoms with van der Waals surface area (Å²) in [5.41, 5.74) is 3.79. The van der Waals surface area contributed by atoms with Crippen molar-refractivity contribution in [1.29, 1.82) is 0 Å². The van der Waals surface area contributed by atoms with Crippen LogP contribution in [0.3, 0.4) is 0 Å². The van der Waals surface area contributed by atoms with Gasteiger partial charge in [0.05, 0.1) is 7.11 Å². The van der Waals surface area contributed by atoms with Gasteiger partial charge in [-0.25, -0.2) is 0 Å². The van der Waals surface area contributed by atoms with E-state index in [-0.39, 0.29) is 0 Å². The molecule has 2 aliphatic rings. The lowest BCUT2D eigenvalue weighted by Gasteiger charge is -2.43. The molecule has 0 aromatic carbocycles. The second-order valence-electron chi connectivity index (χ2n) is 3.98. The number of rotatable bonds is 2. The normalized spacial score (nSPS) is 34.1. The van der Waals surface area contributed by atoms with Crippen LogP contribution >= 0.6 is 0 Å². The molecule has 0 heterocycles. The molecule has 1 unspecified atom stereocenters. The van der Waals surface area contributed by atoms with Gasteiger partial charge in [0.1, 0.15) is 0 Å². The molecule has 1 N–H and O–H groups in total. The maximum atomic E-state index is 5.01. The lowest BCUT2D eigenvalue weighted by atomic mass is 9.65. The van der Waals surface area contributed by atoms with E-state index in [9.17, 15) is 0 Å². The fraction of sp³-hybridized carbons (Fsp3) is 1.00. The summed E-state index contributed by atoms with van der Waals surface area (Å²) in [6, 6.07) is 0.654. The lowest BCUT2D eigenvalue weighted by Crippen LogP contribution is -2.45. The molecule has 2 nitrogen and oxygen atoms in total. The monoisotopic (exact) mass is 155 g/mol. The molecule has 0 aliphatic heterocycles. The summed E-state index contributed by atoms with van der Waals surface area (Å²) in [6.07, 6.45) is 8.41. The highest BCUT2D eigenvalue weighted by Gasteiger charge is 2.46. The second-order valence-corrected chi connectivity index (χ2v) is 3.98. The molecule has 11 heavy (non-hydrogen) atoms.